The molecule has 144 valence electrons. The van der Waals surface area contributed by atoms with Crippen LogP contribution < -0.4 is 10.1 Å². The highest BCUT2D eigenvalue weighted by Gasteiger charge is 2.20. The Morgan fingerprint density at radius 3 is 2.79 bits per heavy atom. The van der Waals surface area contributed by atoms with Crippen molar-refractivity contribution in [2.24, 2.45) is 0 Å². The number of nitrogens with one attached hydrogen (secondary N) is 1. The van der Waals surface area contributed by atoms with E-state index < -0.39 is 0 Å². The summed E-state index contributed by atoms with van der Waals surface area (Å²) in [5.74, 6) is 6.73. The van der Waals surface area contributed by atoms with Gasteiger partial charge in [-0.3, -0.25) is 4.79 Å². The maximum atomic E-state index is 13.2. The molecular formula is C24H21N3O2. The zero-order chi connectivity index (χ0) is 20.1. The first kappa shape index (κ1) is 18.6. The molecule has 2 heterocycles. The number of ether oxygens (including phenoxy) is 1. The van der Waals surface area contributed by atoms with Crippen LogP contribution in [0.3, 0.4) is 0 Å². The average Bonchev–Trinajstić information content (AvgIpc) is 3.00. The quantitative estimate of drug-likeness (QED) is 0.688. The largest absolute Gasteiger partial charge is 0.495 e. The Balaban J connectivity index is 1.62. The molecule has 0 atom stereocenters. The Labute approximate surface area is 170 Å². The van der Waals surface area contributed by atoms with Gasteiger partial charge in [0.15, 0.2) is 0 Å². The zero-order valence-electron chi connectivity index (χ0n) is 16.2. The predicted molar refractivity (Wildman–Crippen MR) is 113 cm³/mol. The number of rotatable bonds is 2. The summed E-state index contributed by atoms with van der Waals surface area (Å²) in [6, 6.07) is 19.0. The van der Waals surface area contributed by atoms with Gasteiger partial charge in [-0.25, -0.2) is 4.98 Å². The Kier molecular flexibility index (Phi) is 5.44. The molecule has 2 aromatic carbocycles. The van der Waals surface area contributed by atoms with E-state index in [1.807, 2.05) is 47.4 Å². The van der Waals surface area contributed by atoms with Gasteiger partial charge in [0.25, 0.3) is 5.91 Å². The van der Waals surface area contributed by atoms with Crippen LogP contribution in [0.25, 0.3) is 0 Å². The number of carbonyl (C=O) groups excluding carboxylic acids is 1. The standard InChI is InChI=1S/C24H21N3O2/c1-29-23-12-10-19(16-18(23)9-11-21-7-4-5-13-25-21)24(28)27-15-14-26-22-8-3-2-6-20(22)17-27/h2-8,10,12-13,16,26H,14-15,17H2,1H3. The first-order valence-corrected chi connectivity index (χ1v) is 9.47. The molecule has 0 unspecified atom stereocenters. The van der Waals surface area contributed by atoms with E-state index >= 15 is 0 Å². The van der Waals surface area contributed by atoms with E-state index in [9.17, 15) is 4.79 Å². The lowest BCUT2D eigenvalue weighted by atomic mass is 10.1. The van der Waals surface area contributed by atoms with Crippen molar-refractivity contribution in [1.82, 2.24) is 9.88 Å². The van der Waals surface area contributed by atoms with E-state index in [1.165, 1.54) is 0 Å². The van der Waals surface area contributed by atoms with Crippen LogP contribution in [0.4, 0.5) is 5.69 Å². The minimum absolute atomic E-state index is 0.0213. The summed E-state index contributed by atoms with van der Waals surface area (Å²) in [4.78, 5) is 19.3. The van der Waals surface area contributed by atoms with E-state index in [4.69, 9.17) is 4.74 Å². The van der Waals surface area contributed by atoms with Crippen LogP contribution >= 0.6 is 0 Å². The van der Waals surface area contributed by atoms with E-state index in [1.54, 1.807) is 31.5 Å². The molecule has 1 aliphatic heterocycles. The fourth-order valence-electron chi connectivity index (χ4n) is 3.30. The van der Waals surface area contributed by atoms with Gasteiger partial charge in [-0.2, -0.15) is 0 Å². The number of pyridine rings is 1. The van der Waals surface area contributed by atoms with Crippen molar-refractivity contribution in [2.45, 2.75) is 6.54 Å². The van der Waals surface area contributed by atoms with Gasteiger partial charge >= 0.3 is 0 Å². The van der Waals surface area contributed by atoms with Crippen molar-refractivity contribution in [2.75, 3.05) is 25.5 Å². The molecule has 1 N–H and O–H groups in total. The van der Waals surface area contributed by atoms with Gasteiger partial charge in [-0.05, 0) is 47.9 Å². The maximum Gasteiger partial charge on any atom is 0.254 e. The number of aromatic nitrogens is 1. The smallest absolute Gasteiger partial charge is 0.254 e. The summed E-state index contributed by atoms with van der Waals surface area (Å²) in [7, 11) is 1.60. The first-order valence-electron chi connectivity index (χ1n) is 9.47. The van der Waals surface area contributed by atoms with Crippen LogP contribution in [-0.4, -0.2) is 36.0 Å². The van der Waals surface area contributed by atoms with Gasteiger partial charge in [0.1, 0.15) is 11.4 Å². The third kappa shape index (κ3) is 4.22. The SMILES string of the molecule is COc1ccc(C(=O)N2CCNc3ccccc3C2)cc1C#Cc1ccccn1. The molecule has 5 nitrogen and oxygen atoms in total. The van der Waals surface area contributed by atoms with Crippen LogP contribution in [0, 0.1) is 11.8 Å². The summed E-state index contributed by atoms with van der Waals surface area (Å²) in [6.45, 7) is 1.92. The molecule has 0 fully saturated rings. The minimum atomic E-state index is -0.0213. The van der Waals surface area contributed by atoms with E-state index in [-0.39, 0.29) is 5.91 Å². The van der Waals surface area contributed by atoms with Gasteiger partial charge in [0.2, 0.25) is 0 Å². The number of nitrogens with zero attached hydrogens (tertiary/aromatic N) is 2. The fourth-order valence-corrected chi connectivity index (χ4v) is 3.30. The van der Waals surface area contributed by atoms with Crippen molar-refractivity contribution in [1.29, 1.82) is 0 Å². The number of fused-ring (bicyclic) bond motifs is 1. The van der Waals surface area contributed by atoms with Crippen LogP contribution in [0.2, 0.25) is 0 Å². The number of para-hydroxylation sites is 1. The molecule has 29 heavy (non-hydrogen) atoms. The molecule has 5 heteroatoms. The van der Waals surface area contributed by atoms with Crippen molar-refractivity contribution < 1.29 is 9.53 Å². The second-order valence-corrected chi connectivity index (χ2v) is 6.69. The van der Waals surface area contributed by atoms with Crippen LogP contribution in [0.5, 0.6) is 5.75 Å². The van der Waals surface area contributed by atoms with Crippen molar-refractivity contribution >= 4 is 11.6 Å². The number of hydrogen-bond donors (Lipinski definition) is 1. The highest BCUT2D eigenvalue weighted by Crippen LogP contribution is 2.23. The number of benzene rings is 2. The highest BCUT2D eigenvalue weighted by molar-refractivity contribution is 5.95. The molecule has 1 aliphatic rings. The van der Waals surface area contributed by atoms with Gasteiger partial charge < -0.3 is 15.0 Å². The number of methoxy groups -OCH3 is 1. The molecule has 0 aliphatic carbocycles. The lowest BCUT2D eigenvalue weighted by Crippen LogP contribution is -2.32. The molecule has 0 radical (unpaired) electrons. The Morgan fingerprint density at radius 1 is 1.10 bits per heavy atom. The number of carbonyl (C=O) groups is 1. The first-order chi connectivity index (χ1) is 14.2. The van der Waals surface area contributed by atoms with Crippen LogP contribution in [0.1, 0.15) is 27.2 Å². The third-order valence-electron chi connectivity index (χ3n) is 4.80. The summed E-state index contributed by atoms with van der Waals surface area (Å²) in [5.41, 5.74) is 4.12. The van der Waals surface area contributed by atoms with Crippen LogP contribution in [0.15, 0.2) is 66.9 Å². The van der Waals surface area contributed by atoms with Gasteiger partial charge in [-0.1, -0.05) is 30.2 Å². The summed E-state index contributed by atoms with van der Waals surface area (Å²) >= 11 is 0. The minimum Gasteiger partial charge on any atom is -0.495 e. The molecule has 0 saturated heterocycles. The molecule has 4 rings (SSSR count). The van der Waals surface area contributed by atoms with E-state index in [0.717, 1.165) is 11.3 Å². The van der Waals surface area contributed by atoms with Crippen molar-refractivity contribution in [3.05, 3.63) is 89.2 Å². The summed E-state index contributed by atoms with van der Waals surface area (Å²) < 4.78 is 5.42. The maximum absolute atomic E-state index is 13.2. The molecule has 0 spiro atoms. The Morgan fingerprint density at radius 2 is 1.97 bits per heavy atom. The number of amides is 1. The Hall–Kier alpha value is -3.78. The van der Waals surface area contributed by atoms with Crippen molar-refractivity contribution in [3.63, 3.8) is 0 Å². The van der Waals surface area contributed by atoms with Gasteiger partial charge in [0, 0.05) is 37.1 Å². The summed E-state index contributed by atoms with van der Waals surface area (Å²) in [5, 5.41) is 3.39. The second kappa shape index (κ2) is 8.49. The van der Waals surface area contributed by atoms with E-state index in [0.29, 0.717) is 42.2 Å². The molecule has 0 saturated carbocycles. The predicted octanol–water partition coefficient (Wildman–Crippen LogP) is 3.56. The molecule has 0 bridgehead atoms. The summed E-state index contributed by atoms with van der Waals surface area (Å²) in [6.07, 6.45) is 1.70. The highest BCUT2D eigenvalue weighted by atomic mass is 16.5. The lowest BCUT2D eigenvalue weighted by molar-refractivity contribution is 0.0753. The molecular weight excluding hydrogens is 362 g/mol. The Bertz CT molecular complexity index is 1080. The number of hydrogen-bond acceptors (Lipinski definition) is 4. The molecule has 1 amide bonds. The van der Waals surface area contributed by atoms with Gasteiger partial charge in [0.05, 0.1) is 12.7 Å². The number of anilines is 1. The van der Waals surface area contributed by atoms with E-state index in [2.05, 4.69) is 22.1 Å². The topological polar surface area (TPSA) is 54.5 Å². The van der Waals surface area contributed by atoms with Crippen LogP contribution in [-0.2, 0) is 6.54 Å². The average molecular weight is 383 g/mol. The second-order valence-electron chi connectivity index (χ2n) is 6.69. The zero-order valence-corrected chi connectivity index (χ0v) is 16.2. The molecule has 3 aromatic rings. The fraction of sp³-hybridized carbons (Fsp3) is 0.167. The van der Waals surface area contributed by atoms with Gasteiger partial charge in [-0.15, -0.1) is 0 Å². The normalized spacial score (nSPS) is 12.7. The lowest BCUT2D eigenvalue weighted by Gasteiger charge is -2.21. The third-order valence-corrected chi connectivity index (χ3v) is 4.80. The molecule has 1 aromatic heterocycles. The monoisotopic (exact) mass is 383 g/mol. The van der Waals surface area contributed by atoms with Crippen molar-refractivity contribution in [3.8, 4) is 17.6 Å².